The Bertz CT molecular complexity index is 1410. The van der Waals surface area contributed by atoms with E-state index in [4.69, 9.17) is 4.98 Å². The van der Waals surface area contributed by atoms with Crippen LogP contribution in [0.25, 0.3) is 10.9 Å². The number of aromatic nitrogens is 2. The Morgan fingerprint density at radius 3 is 2.73 bits per heavy atom. The third-order valence-electron chi connectivity index (χ3n) is 6.91. The minimum absolute atomic E-state index is 0.0129. The maximum absolute atomic E-state index is 13.8. The molecule has 0 saturated carbocycles. The van der Waals surface area contributed by atoms with Gasteiger partial charge in [0.05, 0.1) is 16.9 Å². The molecule has 2 aliphatic heterocycles. The Kier molecular flexibility index (Phi) is 5.10. The Morgan fingerprint density at radius 1 is 0.970 bits per heavy atom. The van der Waals surface area contributed by atoms with Gasteiger partial charge in [-0.1, -0.05) is 36.8 Å². The lowest BCUT2D eigenvalue weighted by molar-refractivity contribution is 0.0696. The predicted octanol–water partition coefficient (Wildman–Crippen LogP) is 4.97. The van der Waals surface area contributed by atoms with Crippen LogP contribution < -0.4 is 5.56 Å². The van der Waals surface area contributed by atoms with Crippen LogP contribution in [-0.4, -0.2) is 26.9 Å². The van der Waals surface area contributed by atoms with E-state index in [-0.39, 0.29) is 17.5 Å². The summed E-state index contributed by atoms with van der Waals surface area (Å²) in [4.78, 5) is 35.0. The monoisotopic (exact) mass is 455 g/mol. The summed E-state index contributed by atoms with van der Waals surface area (Å²) >= 11 is 1.77. The Balaban J connectivity index is 1.42. The lowest BCUT2D eigenvalue weighted by Crippen LogP contribution is -2.40. The van der Waals surface area contributed by atoms with Crippen molar-refractivity contribution in [1.29, 1.82) is 0 Å². The number of amides is 1. The largest absolute Gasteiger partial charge is 0.327 e. The van der Waals surface area contributed by atoms with Crippen molar-refractivity contribution in [3.8, 4) is 0 Å². The van der Waals surface area contributed by atoms with Crippen LogP contribution in [0.15, 0.2) is 64.8 Å². The molecule has 0 radical (unpaired) electrons. The molecule has 33 heavy (non-hydrogen) atoms. The highest BCUT2D eigenvalue weighted by atomic mass is 32.1. The highest BCUT2D eigenvalue weighted by Crippen LogP contribution is 2.38. The Morgan fingerprint density at radius 2 is 1.85 bits per heavy atom. The summed E-state index contributed by atoms with van der Waals surface area (Å²) in [7, 11) is 0. The zero-order valence-corrected chi connectivity index (χ0v) is 19.2. The van der Waals surface area contributed by atoms with Crippen LogP contribution >= 0.6 is 11.3 Å². The van der Waals surface area contributed by atoms with Crippen molar-refractivity contribution in [1.82, 2.24) is 14.5 Å². The van der Waals surface area contributed by atoms with Crippen molar-refractivity contribution in [2.75, 3.05) is 6.54 Å². The van der Waals surface area contributed by atoms with Gasteiger partial charge in [0.2, 0.25) is 0 Å². The summed E-state index contributed by atoms with van der Waals surface area (Å²) < 4.78 is 1.82. The van der Waals surface area contributed by atoms with Crippen LogP contribution in [0.3, 0.4) is 0 Å². The van der Waals surface area contributed by atoms with Crippen molar-refractivity contribution in [3.63, 3.8) is 0 Å². The van der Waals surface area contributed by atoms with E-state index in [1.165, 1.54) is 10.4 Å². The van der Waals surface area contributed by atoms with Crippen LogP contribution in [0.5, 0.6) is 0 Å². The van der Waals surface area contributed by atoms with Gasteiger partial charge < -0.3 is 4.90 Å². The van der Waals surface area contributed by atoms with Gasteiger partial charge in [0.25, 0.3) is 11.5 Å². The van der Waals surface area contributed by atoms with Crippen LogP contribution in [0.2, 0.25) is 0 Å². The fourth-order valence-corrected chi connectivity index (χ4v) is 6.15. The lowest BCUT2D eigenvalue weighted by Gasteiger charge is -2.36. The van der Waals surface area contributed by atoms with E-state index < -0.39 is 0 Å². The van der Waals surface area contributed by atoms with Crippen LogP contribution in [0.4, 0.5) is 0 Å². The minimum atomic E-state index is -0.102. The van der Waals surface area contributed by atoms with E-state index in [2.05, 4.69) is 23.6 Å². The molecule has 1 atom stereocenters. The van der Waals surface area contributed by atoms with Crippen molar-refractivity contribution in [2.45, 2.75) is 44.7 Å². The van der Waals surface area contributed by atoms with Crippen molar-refractivity contribution < 1.29 is 4.79 Å². The Hall–Kier alpha value is -3.25. The second-order valence-corrected chi connectivity index (χ2v) is 9.89. The molecule has 0 saturated heterocycles. The first-order valence-corrected chi connectivity index (χ1v) is 12.5. The third kappa shape index (κ3) is 3.49. The highest BCUT2D eigenvalue weighted by Gasteiger charge is 2.33. The van der Waals surface area contributed by atoms with Gasteiger partial charge in [-0.05, 0) is 60.0 Å². The zero-order chi connectivity index (χ0) is 22.4. The maximum atomic E-state index is 13.8. The Labute approximate surface area is 196 Å². The molecule has 0 spiro atoms. The number of hydrogen-bond donors (Lipinski definition) is 0. The van der Waals surface area contributed by atoms with E-state index in [9.17, 15) is 9.59 Å². The number of carbonyl (C=O) groups is 1. The molecule has 4 heterocycles. The number of aryl methyl sites for hydroxylation is 1. The molecule has 2 aromatic carbocycles. The normalized spacial score (nSPS) is 17.9. The van der Waals surface area contributed by atoms with Crippen LogP contribution in [0, 0.1) is 0 Å². The number of nitrogens with zero attached hydrogens (tertiary/aromatic N) is 3. The molecule has 0 bridgehead atoms. The van der Waals surface area contributed by atoms with Gasteiger partial charge in [0, 0.05) is 30.0 Å². The van der Waals surface area contributed by atoms with Crippen molar-refractivity contribution in [2.24, 2.45) is 0 Å². The van der Waals surface area contributed by atoms with Gasteiger partial charge in [-0.15, -0.1) is 11.3 Å². The average molecular weight is 456 g/mol. The molecule has 2 aromatic heterocycles. The standard InChI is InChI=1S/C27H25N3O2S/c31-26(30-15-12-23-21(13-16-33-23)25(30)18-7-3-1-4-8-18)19-10-11-20-22(17-19)28-24-9-5-2-6-14-29(24)27(20)32/h1,3-4,7-8,10-11,13,16-17,25H,2,5-6,9,12,14-15H2/t25-/m1/s1. The fourth-order valence-electron chi connectivity index (χ4n) is 5.25. The zero-order valence-electron chi connectivity index (χ0n) is 18.4. The van der Waals surface area contributed by atoms with E-state index in [1.54, 1.807) is 23.5 Å². The minimum Gasteiger partial charge on any atom is -0.327 e. The smallest absolute Gasteiger partial charge is 0.261 e. The quantitative estimate of drug-likeness (QED) is 0.429. The molecule has 0 N–H and O–H groups in total. The summed E-state index contributed by atoms with van der Waals surface area (Å²) in [5.74, 6) is 0.831. The van der Waals surface area contributed by atoms with Gasteiger partial charge in [-0.3, -0.25) is 14.2 Å². The number of benzene rings is 2. The average Bonchev–Trinajstić information content (AvgIpc) is 3.21. The van der Waals surface area contributed by atoms with E-state index in [0.717, 1.165) is 50.0 Å². The fraction of sp³-hybridized carbons (Fsp3) is 0.296. The number of thiophene rings is 1. The molecule has 1 amide bonds. The summed E-state index contributed by atoms with van der Waals surface area (Å²) in [5, 5.41) is 2.71. The van der Waals surface area contributed by atoms with Gasteiger partial charge in [0.1, 0.15) is 5.82 Å². The molecule has 166 valence electrons. The molecule has 6 heteroatoms. The maximum Gasteiger partial charge on any atom is 0.261 e. The first kappa shape index (κ1) is 20.4. The number of fused-ring (bicyclic) bond motifs is 3. The molecule has 5 nitrogen and oxygen atoms in total. The summed E-state index contributed by atoms with van der Waals surface area (Å²) in [5.41, 5.74) is 3.57. The summed E-state index contributed by atoms with van der Waals surface area (Å²) in [6.45, 7) is 1.40. The molecule has 2 aliphatic rings. The highest BCUT2D eigenvalue weighted by molar-refractivity contribution is 7.10. The number of carbonyl (C=O) groups excluding carboxylic acids is 1. The van der Waals surface area contributed by atoms with E-state index in [1.807, 2.05) is 33.7 Å². The third-order valence-corrected chi connectivity index (χ3v) is 7.90. The first-order chi connectivity index (χ1) is 16.2. The summed E-state index contributed by atoms with van der Waals surface area (Å²) in [6.07, 6.45) is 4.85. The van der Waals surface area contributed by atoms with Gasteiger partial charge in [-0.2, -0.15) is 0 Å². The van der Waals surface area contributed by atoms with Crippen molar-refractivity contribution in [3.05, 3.63) is 97.7 Å². The second kappa shape index (κ2) is 8.27. The van der Waals surface area contributed by atoms with Gasteiger partial charge in [0.15, 0.2) is 0 Å². The topological polar surface area (TPSA) is 55.2 Å². The van der Waals surface area contributed by atoms with Crippen LogP contribution in [-0.2, 0) is 19.4 Å². The van der Waals surface area contributed by atoms with E-state index in [0.29, 0.717) is 23.0 Å². The first-order valence-electron chi connectivity index (χ1n) is 11.7. The number of rotatable bonds is 2. The SMILES string of the molecule is O=C(c1ccc2c(=O)n3c(nc2c1)CCCCC3)N1CCc2sccc2[C@H]1c1ccccc1. The van der Waals surface area contributed by atoms with Crippen LogP contribution in [0.1, 0.15) is 57.5 Å². The van der Waals surface area contributed by atoms with Crippen molar-refractivity contribution >= 4 is 28.1 Å². The molecule has 0 unspecified atom stereocenters. The predicted molar refractivity (Wildman–Crippen MR) is 131 cm³/mol. The molecule has 4 aromatic rings. The van der Waals surface area contributed by atoms with E-state index >= 15 is 0 Å². The number of hydrogen-bond acceptors (Lipinski definition) is 4. The molecular formula is C27H25N3O2S. The molecule has 0 fully saturated rings. The second-order valence-electron chi connectivity index (χ2n) is 8.89. The molecule has 6 rings (SSSR count). The molecule has 0 aliphatic carbocycles. The van der Waals surface area contributed by atoms with Gasteiger partial charge >= 0.3 is 0 Å². The van der Waals surface area contributed by atoms with Gasteiger partial charge in [-0.25, -0.2) is 4.98 Å². The molecular weight excluding hydrogens is 430 g/mol. The summed E-state index contributed by atoms with van der Waals surface area (Å²) in [6, 6.07) is 17.7. The lowest BCUT2D eigenvalue weighted by atomic mass is 9.92.